The van der Waals surface area contributed by atoms with E-state index >= 15 is 0 Å². The molecule has 6 nitrogen and oxygen atoms in total. The van der Waals surface area contributed by atoms with Crippen molar-refractivity contribution < 1.29 is 13.2 Å². The molecule has 110 valence electrons. The lowest BCUT2D eigenvalue weighted by Gasteiger charge is -2.21. The molecule has 0 aromatic rings. The minimum absolute atomic E-state index is 0.0332. The number of hydrogen-bond acceptors (Lipinski definition) is 4. The third kappa shape index (κ3) is 3.27. The molecule has 1 amide bonds. The highest BCUT2D eigenvalue weighted by molar-refractivity contribution is 7.89. The molecule has 2 unspecified atom stereocenters. The average molecular weight is 289 g/mol. The number of sulfonamides is 1. The summed E-state index contributed by atoms with van der Waals surface area (Å²) in [6, 6.07) is -0.179. The van der Waals surface area contributed by atoms with Crippen molar-refractivity contribution >= 4 is 15.9 Å². The molecule has 0 radical (unpaired) electrons. The lowest BCUT2D eigenvalue weighted by atomic mass is 10.2. The summed E-state index contributed by atoms with van der Waals surface area (Å²) in [6.07, 6.45) is 2.72. The van der Waals surface area contributed by atoms with E-state index in [0.717, 1.165) is 12.8 Å². The van der Waals surface area contributed by atoms with E-state index in [0.29, 0.717) is 32.6 Å². The molecule has 2 rings (SSSR count). The second kappa shape index (κ2) is 5.76. The van der Waals surface area contributed by atoms with E-state index in [1.807, 2.05) is 0 Å². The second-order valence-corrected chi connectivity index (χ2v) is 7.80. The van der Waals surface area contributed by atoms with Crippen LogP contribution in [0.1, 0.15) is 32.6 Å². The molecule has 2 saturated heterocycles. The zero-order valence-corrected chi connectivity index (χ0v) is 12.2. The number of carbonyl (C=O) groups excluding carboxylic acids is 1. The van der Waals surface area contributed by atoms with Crippen molar-refractivity contribution in [2.45, 2.75) is 43.9 Å². The fourth-order valence-corrected chi connectivity index (χ4v) is 4.72. The number of amides is 1. The quantitative estimate of drug-likeness (QED) is 0.773. The highest BCUT2D eigenvalue weighted by Crippen LogP contribution is 2.24. The van der Waals surface area contributed by atoms with Gasteiger partial charge in [0, 0.05) is 38.6 Å². The zero-order valence-electron chi connectivity index (χ0n) is 11.4. The smallest absolute Gasteiger partial charge is 0.224 e. The predicted octanol–water partition coefficient (Wildman–Crippen LogP) is -0.250. The van der Waals surface area contributed by atoms with E-state index in [4.69, 9.17) is 5.73 Å². The van der Waals surface area contributed by atoms with E-state index in [9.17, 15) is 13.2 Å². The Balaban J connectivity index is 1.96. The molecule has 2 fully saturated rings. The molecule has 19 heavy (non-hydrogen) atoms. The largest absolute Gasteiger partial charge is 0.341 e. The van der Waals surface area contributed by atoms with Gasteiger partial charge in [0.1, 0.15) is 0 Å². The van der Waals surface area contributed by atoms with E-state index in [-0.39, 0.29) is 18.4 Å². The Hall–Kier alpha value is -0.660. The molecule has 0 saturated carbocycles. The van der Waals surface area contributed by atoms with Gasteiger partial charge in [-0.05, 0) is 26.2 Å². The number of nitrogens with zero attached hydrogens (tertiary/aromatic N) is 2. The summed E-state index contributed by atoms with van der Waals surface area (Å²) in [7, 11) is -3.23. The molecule has 7 heteroatoms. The van der Waals surface area contributed by atoms with Gasteiger partial charge < -0.3 is 10.6 Å². The molecule has 0 bridgehead atoms. The summed E-state index contributed by atoms with van der Waals surface area (Å²) in [4.78, 5) is 13.5. The van der Waals surface area contributed by atoms with Crippen LogP contribution in [0, 0.1) is 0 Å². The van der Waals surface area contributed by atoms with E-state index in [1.54, 1.807) is 16.1 Å². The van der Waals surface area contributed by atoms with Gasteiger partial charge in [0.2, 0.25) is 15.9 Å². The van der Waals surface area contributed by atoms with Crippen molar-refractivity contribution in [3.05, 3.63) is 0 Å². The Morgan fingerprint density at radius 1 is 1.32 bits per heavy atom. The lowest BCUT2D eigenvalue weighted by Crippen LogP contribution is -2.40. The van der Waals surface area contributed by atoms with Crippen LogP contribution >= 0.6 is 0 Å². The third-order valence-electron chi connectivity index (χ3n) is 3.84. The number of likely N-dealkylation sites (tertiary alicyclic amines) is 1. The molecule has 0 aromatic carbocycles. The Kier molecular flexibility index (Phi) is 4.47. The van der Waals surface area contributed by atoms with Gasteiger partial charge in [-0.15, -0.1) is 0 Å². The maximum Gasteiger partial charge on any atom is 0.224 e. The van der Waals surface area contributed by atoms with E-state index in [2.05, 4.69) is 0 Å². The van der Waals surface area contributed by atoms with Gasteiger partial charge in [0.15, 0.2) is 0 Å². The topological polar surface area (TPSA) is 83.7 Å². The summed E-state index contributed by atoms with van der Waals surface area (Å²) in [5, 5.41) is -0.428. The van der Waals surface area contributed by atoms with Crippen molar-refractivity contribution in [3.63, 3.8) is 0 Å². The number of carbonyl (C=O) groups is 1. The van der Waals surface area contributed by atoms with Gasteiger partial charge in [0.05, 0.1) is 5.25 Å². The molecule has 2 N–H and O–H groups in total. The van der Waals surface area contributed by atoms with Gasteiger partial charge in [-0.25, -0.2) is 12.7 Å². The van der Waals surface area contributed by atoms with Gasteiger partial charge in [0.25, 0.3) is 0 Å². The molecule has 0 aromatic heterocycles. The maximum atomic E-state index is 12.4. The predicted molar refractivity (Wildman–Crippen MR) is 73.0 cm³/mol. The van der Waals surface area contributed by atoms with Gasteiger partial charge >= 0.3 is 0 Å². The standard InChI is InChI=1S/C12H23N3O3S/c1-10(13)8-12(16)14-7-4-11(9-14)19(17,18)15-5-2-3-6-15/h10-11H,2-9,13H2,1H3. The minimum Gasteiger partial charge on any atom is -0.341 e. The summed E-state index contributed by atoms with van der Waals surface area (Å²) >= 11 is 0. The SMILES string of the molecule is CC(N)CC(=O)N1CCC(S(=O)(=O)N2CCCC2)C1. The van der Waals surface area contributed by atoms with Crippen LogP contribution in [-0.2, 0) is 14.8 Å². The van der Waals surface area contributed by atoms with Crippen molar-refractivity contribution in [2.75, 3.05) is 26.2 Å². The number of nitrogens with two attached hydrogens (primary N) is 1. The van der Waals surface area contributed by atoms with Crippen molar-refractivity contribution in [1.29, 1.82) is 0 Å². The first-order valence-corrected chi connectivity index (χ1v) is 8.44. The van der Waals surface area contributed by atoms with Crippen molar-refractivity contribution in [1.82, 2.24) is 9.21 Å². The van der Waals surface area contributed by atoms with Gasteiger partial charge in [-0.1, -0.05) is 0 Å². The van der Waals surface area contributed by atoms with Crippen LogP contribution in [0.25, 0.3) is 0 Å². The average Bonchev–Trinajstić information content (AvgIpc) is 3.00. The van der Waals surface area contributed by atoms with Crippen LogP contribution in [0.3, 0.4) is 0 Å². The van der Waals surface area contributed by atoms with E-state index in [1.165, 1.54) is 0 Å². The van der Waals surface area contributed by atoms with Crippen LogP contribution < -0.4 is 5.73 Å². The van der Waals surface area contributed by atoms with Crippen LogP contribution in [-0.4, -0.2) is 61.0 Å². The second-order valence-electron chi connectivity index (χ2n) is 5.58. The van der Waals surface area contributed by atoms with Crippen molar-refractivity contribution in [3.8, 4) is 0 Å². The Morgan fingerprint density at radius 2 is 1.95 bits per heavy atom. The highest BCUT2D eigenvalue weighted by atomic mass is 32.2. The van der Waals surface area contributed by atoms with Crippen LogP contribution in [0.4, 0.5) is 0 Å². The molecular weight excluding hydrogens is 266 g/mol. The minimum atomic E-state index is -3.23. The summed E-state index contributed by atoms with van der Waals surface area (Å²) < 4.78 is 26.4. The molecule has 2 aliphatic rings. The van der Waals surface area contributed by atoms with Gasteiger partial charge in [-0.3, -0.25) is 4.79 Å². The Labute approximate surface area is 115 Å². The Morgan fingerprint density at radius 3 is 2.53 bits per heavy atom. The Bertz CT molecular complexity index is 430. The molecule has 0 aliphatic carbocycles. The van der Waals surface area contributed by atoms with Crippen LogP contribution in [0.5, 0.6) is 0 Å². The lowest BCUT2D eigenvalue weighted by molar-refractivity contribution is -0.130. The summed E-state index contributed by atoms with van der Waals surface area (Å²) in [5.74, 6) is -0.0332. The molecule has 2 atom stereocenters. The fourth-order valence-electron chi connectivity index (χ4n) is 2.76. The van der Waals surface area contributed by atoms with E-state index < -0.39 is 15.3 Å². The third-order valence-corrected chi connectivity index (χ3v) is 6.15. The molecule has 2 heterocycles. The van der Waals surface area contributed by atoms with Crippen LogP contribution in [0.15, 0.2) is 0 Å². The fraction of sp³-hybridized carbons (Fsp3) is 0.917. The molecule has 2 aliphatic heterocycles. The van der Waals surface area contributed by atoms with Crippen molar-refractivity contribution in [2.24, 2.45) is 5.73 Å². The molecule has 0 spiro atoms. The summed E-state index contributed by atoms with van der Waals surface area (Å²) in [5.41, 5.74) is 5.61. The normalized spacial score (nSPS) is 26.8. The first-order valence-electron chi connectivity index (χ1n) is 6.93. The van der Waals surface area contributed by atoms with Gasteiger partial charge in [-0.2, -0.15) is 0 Å². The monoisotopic (exact) mass is 289 g/mol. The first-order chi connectivity index (χ1) is 8.91. The number of rotatable bonds is 4. The highest BCUT2D eigenvalue weighted by Gasteiger charge is 2.39. The van der Waals surface area contributed by atoms with Crippen LogP contribution in [0.2, 0.25) is 0 Å². The zero-order chi connectivity index (χ0) is 14.0. The first kappa shape index (κ1) is 14.7. The summed E-state index contributed by atoms with van der Waals surface area (Å²) in [6.45, 7) is 3.90. The molecular formula is C12H23N3O3S. The number of hydrogen-bond donors (Lipinski definition) is 1. The maximum absolute atomic E-state index is 12.4.